The highest BCUT2D eigenvalue weighted by Crippen LogP contribution is 2.38. The van der Waals surface area contributed by atoms with Gasteiger partial charge in [-0.05, 0) is 24.1 Å². The maximum absolute atomic E-state index is 11.1. The van der Waals surface area contributed by atoms with Crippen molar-refractivity contribution in [2.75, 3.05) is 0 Å². The first-order valence-electron chi connectivity index (χ1n) is 6.27. The van der Waals surface area contributed by atoms with Crippen LogP contribution in [0.15, 0.2) is 34.7 Å². The average Bonchev–Trinajstić information content (AvgIpc) is 2.38. The predicted molar refractivity (Wildman–Crippen MR) is 74.3 cm³/mol. The molecule has 1 aliphatic heterocycles. The molecule has 0 saturated heterocycles. The third-order valence-electron chi connectivity index (χ3n) is 3.09. The van der Waals surface area contributed by atoms with Crippen LogP contribution in [-0.4, -0.2) is 11.5 Å². The number of rotatable bonds is 5. The van der Waals surface area contributed by atoms with Gasteiger partial charge in [0.1, 0.15) is 6.29 Å². The number of aldehydes is 1. The van der Waals surface area contributed by atoms with Gasteiger partial charge in [0.2, 0.25) is 0 Å². The van der Waals surface area contributed by atoms with Crippen molar-refractivity contribution in [3.05, 3.63) is 35.4 Å². The fourth-order valence-electron chi connectivity index (χ4n) is 2.12. The molecule has 0 unspecified atom stereocenters. The Labute approximate surface area is 107 Å². The summed E-state index contributed by atoms with van der Waals surface area (Å²) in [7, 11) is 0. The second kappa shape index (κ2) is 6.06. The zero-order chi connectivity index (χ0) is 12.1. The SMILES string of the molecule is CCCCC[C@H]1Sc2ccccc2C=C1C=O. The molecule has 0 saturated carbocycles. The molecular formula is C15H18OS. The van der Waals surface area contributed by atoms with Crippen LogP contribution < -0.4 is 0 Å². The predicted octanol–water partition coefficient (Wildman–Crippen LogP) is 4.32. The van der Waals surface area contributed by atoms with E-state index in [1.54, 1.807) is 0 Å². The Morgan fingerprint density at radius 2 is 2.12 bits per heavy atom. The molecule has 1 heterocycles. The largest absolute Gasteiger partial charge is 0.298 e. The molecule has 0 aliphatic carbocycles. The van der Waals surface area contributed by atoms with Crippen LogP contribution in [0.2, 0.25) is 0 Å². The molecule has 0 aromatic heterocycles. The molecule has 1 nitrogen and oxygen atoms in total. The van der Waals surface area contributed by atoms with Crippen LogP contribution in [0.5, 0.6) is 0 Å². The van der Waals surface area contributed by atoms with Gasteiger partial charge in [0.25, 0.3) is 0 Å². The lowest BCUT2D eigenvalue weighted by Crippen LogP contribution is -2.11. The number of carbonyl (C=O) groups is 1. The molecule has 0 bridgehead atoms. The summed E-state index contributed by atoms with van der Waals surface area (Å²) in [5, 5.41) is 0.356. The van der Waals surface area contributed by atoms with E-state index in [9.17, 15) is 4.79 Å². The highest BCUT2D eigenvalue weighted by molar-refractivity contribution is 8.00. The number of hydrogen-bond donors (Lipinski definition) is 0. The number of benzene rings is 1. The summed E-state index contributed by atoms with van der Waals surface area (Å²) in [6.45, 7) is 2.21. The third-order valence-corrected chi connectivity index (χ3v) is 4.51. The molecule has 0 N–H and O–H groups in total. The summed E-state index contributed by atoms with van der Waals surface area (Å²) in [6.07, 6.45) is 7.88. The van der Waals surface area contributed by atoms with E-state index in [-0.39, 0.29) is 0 Å². The number of thioether (sulfide) groups is 1. The number of unbranched alkanes of at least 4 members (excludes halogenated alkanes) is 2. The van der Waals surface area contributed by atoms with Crippen molar-refractivity contribution in [3.8, 4) is 0 Å². The number of hydrogen-bond acceptors (Lipinski definition) is 2. The molecule has 1 aliphatic rings. The Morgan fingerprint density at radius 1 is 1.29 bits per heavy atom. The summed E-state index contributed by atoms with van der Waals surface area (Å²) >= 11 is 1.84. The Morgan fingerprint density at radius 3 is 2.88 bits per heavy atom. The lowest BCUT2D eigenvalue weighted by molar-refractivity contribution is -0.104. The van der Waals surface area contributed by atoms with Gasteiger partial charge >= 0.3 is 0 Å². The van der Waals surface area contributed by atoms with Gasteiger partial charge in [-0.1, -0.05) is 44.4 Å². The van der Waals surface area contributed by atoms with Crippen LogP contribution in [0.4, 0.5) is 0 Å². The molecule has 0 spiro atoms. The normalized spacial score (nSPS) is 18.4. The van der Waals surface area contributed by atoms with Gasteiger partial charge in [-0.15, -0.1) is 11.8 Å². The second-order valence-electron chi connectivity index (χ2n) is 4.40. The standard InChI is InChI=1S/C15H18OS/c1-2-3-4-8-15-13(11-16)10-12-7-5-6-9-14(12)17-15/h5-7,9-11,15H,2-4,8H2,1H3/t15-/m1/s1. The summed E-state index contributed by atoms with van der Waals surface area (Å²) in [5.41, 5.74) is 2.14. The van der Waals surface area contributed by atoms with Crippen LogP contribution >= 0.6 is 11.8 Å². The fraction of sp³-hybridized carbons (Fsp3) is 0.400. The summed E-state index contributed by atoms with van der Waals surface area (Å²) in [4.78, 5) is 12.4. The van der Waals surface area contributed by atoms with E-state index < -0.39 is 0 Å². The third kappa shape index (κ3) is 3.01. The van der Waals surface area contributed by atoms with Crippen LogP contribution in [0.1, 0.15) is 38.2 Å². The maximum atomic E-state index is 11.1. The number of carbonyl (C=O) groups excluding carboxylic acids is 1. The second-order valence-corrected chi connectivity index (χ2v) is 5.65. The van der Waals surface area contributed by atoms with Gasteiger partial charge in [-0.3, -0.25) is 4.79 Å². The molecule has 1 aromatic rings. The summed E-state index contributed by atoms with van der Waals surface area (Å²) in [6, 6.07) is 8.31. The Kier molecular flexibility index (Phi) is 4.43. The highest BCUT2D eigenvalue weighted by Gasteiger charge is 2.20. The Bertz CT molecular complexity index is 423. The zero-order valence-corrected chi connectivity index (χ0v) is 11.0. The number of fused-ring (bicyclic) bond motifs is 1. The minimum atomic E-state index is 0.356. The van der Waals surface area contributed by atoms with Crippen LogP contribution in [0, 0.1) is 0 Å². The molecular weight excluding hydrogens is 228 g/mol. The monoisotopic (exact) mass is 246 g/mol. The first-order chi connectivity index (χ1) is 8.35. The van der Waals surface area contributed by atoms with Crippen molar-refractivity contribution in [2.45, 2.75) is 42.8 Å². The van der Waals surface area contributed by atoms with Gasteiger partial charge in [0.15, 0.2) is 0 Å². The van der Waals surface area contributed by atoms with Crippen molar-refractivity contribution in [3.63, 3.8) is 0 Å². The van der Waals surface area contributed by atoms with Crippen LogP contribution in [-0.2, 0) is 4.79 Å². The fourth-order valence-corrected chi connectivity index (χ4v) is 3.39. The van der Waals surface area contributed by atoms with E-state index in [1.165, 1.54) is 29.7 Å². The Balaban J connectivity index is 2.13. The Hall–Kier alpha value is -1.02. The molecule has 1 aromatic carbocycles. The van der Waals surface area contributed by atoms with E-state index in [2.05, 4.69) is 31.2 Å². The van der Waals surface area contributed by atoms with Gasteiger partial charge in [-0.25, -0.2) is 0 Å². The van der Waals surface area contributed by atoms with Crippen molar-refractivity contribution in [1.82, 2.24) is 0 Å². The minimum Gasteiger partial charge on any atom is -0.298 e. The molecule has 0 amide bonds. The lowest BCUT2D eigenvalue weighted by atomic mass is 10.0. The molecule has 0 radical (unpaired) electrons. The van der Waals surface area contributed by atoms with Crippen LogP contribution in [0.25, 0.3) is 6.08 Å². The average molecular weight is 246 g/mol. The van der Waals surface area contributed by atoms with E-state index >= 15 is 0 Å². The molecule has 90 valence electrons. The van der Waals surface area contributed by atoms with Crippen LogP contribution in [0.3, 0.4) is 0 Å². The van der Waals surface area contributed by atoms with Gasteiger partial charge in [-0.2, -0.15) is 0 Å². The zero-order valence-electron chi connectivity index (χ0n) is 10.2. The van der Waals surface area contributed by atoms with E-state index in [0.717, 1.165) is 18.3 Å². The van der Waals surface area contributed by atoms with E-state index in [1.807, 2.05) is 17.8 Å². The lowest BCUT2D eigenvalue weighted by Gasteiger charge is -2.22. The van der Waals surface area contributed by atoms with E-state index in [4.69, 9.17) is 0 Å². The molecule has 0 fully saturated rings. The van der Waals surface area contributed by atoms with Crippen molar-refractivity contribution < 1.29 is 4.79 Å². The summed E-state index contributed by atoms with van der Waals surface area (Å²) in [5.74, 6) is 0. The van der Waals surface area contributed by atoms with Crippen molar-refractivity contribution in [2.24, 2.45) is 0 Å². The molecule has 17 heavy (non-hydrogen) atoms. The quantitative estimate of drug-likeness (QED) is 0.568. The van der Waals surface area contributed by atoms with Gasteiger partial charge in [0, 0.05) is 15.7 Å². The maximum Gasteiger partial charge on any atom is 0.147 e. The topological polar surface area (TPSA) is 17.1 Å². The molecule has 1 atom stereocenters. The van der Waals surface area contributed by atoms with E-state index in [0.29, 0.717) is 5.25 Å². The summed E-state index contributed by atoms with van der Waals surface area (Å²) < 4.78 is 0. The van der Waals surface area contributed by atoms with Crippen molar-refractivity contribution >= 4 is 24.1 Å². The first-order valence-corrected chi connectivity index (χ1v) is 7.15. The molecule has 2 heteroatoms. The first kappa shape index (κ1) is 12.4. The van der Waals surface area contributed by atoms with Gasteiger partial charge < -0.3 is 0 Å². The van der Waals surface area contributed by atoms with Crippen molar-refractivity contribution in [1.29, 1.82) is 0 Å². The smallest absolute Gasteiger partial charge is 0.147 e. The molecule has 2 rings (SSSR count). The minimum absolute atomic E-state index is 0.356. The highest BCUT2D eigenvalue weighted by atomic mass is 32.2. The van der Waals surface area contributed by atoms with Gasteiger partial charge in [0.05, 0.1) is 0 Å².